The van der Waals surface area contributed by atoms with Crippen LogP contribution in [-0.4, -0.2) is 19.6 Å². The van der Waals surface area contributed by atoms with Crippen LogP contribution in [0.3, 0.4) is 0 Å². The van der Waals surface area contributed by atoms with Crippen molar-refractivity contribution >= 4 is 28.7 Å². The average molecular weight is 304 g/mol. The van der Waals surface area contributed by atoms with E-state index in [1.54, 1.807) is 30.4 Å². The van der Waals surface area contributed by atoms with E-state index in [0.29, 0.717) is 17.9 Å². The fourth-order valence-corrected chi connectivity index (χ4v) is 2.92. The Morgan fingerprint density at radius 1 is 1.43 bits per heavy atom. The summed E-state index contributed by atoms with van der Waals surface area (Å²) in [6.45, 7) is 4.25. The van der Waals surface area contributed by atoms with Crippen LogP contribution in [0.15, 0.2) is 35.7 Å². The van der Waals surface area contributed by atoms with E-state index in [1.807, 2.05) is 19.2 Å². The number of carbonyl (C=O) groups excluding carboxylic acids is 1. The van der Waals surface area contributed by atoms with E-state index >= 15 is 0 Å². The zero-order chi connectivity index (χ0) is 15.4. The molecule has 0 saturated carbocycles. The topological polar surface area (TPSA) is 55.6 Å². The Morgan fingerprint density at radius 2 is 2.19 bits per heavy atom. The molecule has 21 heavy (non-hydrogen) atoms. The Balaban J connectivity index is 2.27. The SMILES string of the molecule is CCOC(=O)c1cc(N(C)C(C)c2cccs2)ccc1N. The number of rotatable bonds is 5. The summed E-state index contributed by atoms with van der Waals surface area (Å²) >= 11 is 1.72. The van der Waals surface area contributed by atoms with Crippen molar-refractivity contribution in [3.05, 3.63) is 46.2 Å². The Morgan fingerprint density at radius 3 is 2.81 bits per heavy atom. The summed E-state index contributed by atoms with van der Waals surface area (Å²) in [6, 6.07) is 9.83. The van der Waals surface area contributed by atoms with Gasteiger partial charge < -0.3 is 15.4 Å². The van der Waals surface area contributed by atoms with Gasteiger partial charge in [0.05, 0.1) is 18.2 Å². The molecule has 0 fully saturated rings. The number of esters is 1. The molecular weight excluding hydrogens is 284 g/mol. The molecule has 2 N–H and O–H groups in total. The van der Waals surface area contributed by atoms with Crippen molar-refractivity contribution in [2.75, 3.05) is 24.3 Å². The number of hydrogen-bond donors (Lipinski definition) is 1. The average Bonchev–Trinajstić information content (AvgIpc) is 3.00. The van der Waals surface area contributed by atoms with Gasteiger partial charge in [-0.15, -0.1) is 11.3 Å². The lowest BCUT2D eigenvalue weighted by Crippen LogP contribution is -2.21. The molecule has 0 bridgehead atoms. The van der Waals surface area contributed by atoms with Gasteiger partial charge in [-0.25, -0.2) is 4.79 Å². The molecule has 0 aliphatic heterocycles. The minimum atomic E-state index is -0.381. The van der Waals surface area contributed by atoms with Crippen LogP contribution in [0, 0.1) is 0 Å². The molecule has 2 rings (SSSR count). The normalized spacial score (nSPS) is 12.0. The second-order valence-corrected chi connectivity index (χ2v) is 5.77. The van der Waals surface area contributed by atoms with Gasteiger partial charge >= 0.3 is 5.97 Å². The number of anilines is 2. The molecule has 1 unspecified atom stereocenters. The minimum absolute atomic E-state index is 0.226. The third kappa shape index (κ3) is 3.36. The summed E-state index contributed by atoms with van der Waals surface area (Å²) in [5.41, 5.74) is 7.67. The number of hydrogen-bond acceptors (Lipinski definition) is 5. The van der Waals surface area contributed by atoms with Crippen molar-refractivity contribution < 1.29 is 9.53 Å². The maximum atomic E-state index is 11.9. The number of benzene rings is 1. The lowest BCUT2D eigenvalue weighted by molar-refractivity contribution is 0.0527. The van der Waals surface area contributed by atoms with Crippen molar-refractivity contribution in [2.24, 2.45) is 0 Å². The molecule has 0 amide bonds. The van der Waals surface area contributed by atoms with Gasteiger partial charge in [-0.1, -0.05) is 6.07 Å². The largest absolute Gasteiger partial charge is 0.462 e. The molecule has 1 aromatic carbocycles. The van der Waals surface area contributed by atoms with Crippen molar-refractivity contribution in [1.29, 1.82) is 0 Å². The van der Waals surface area contributed by atoms with Gasteiger partial charge in [0.15, 0.2) is 0 Å². The highest BCUT2D eigenvalue weighted by Gasteiger charge is 2.17. The molecule has 2 aromatic rings. The molecule has 112 valence electrons. The minimum Gasteiger partial charge on any atom is -0.462 e. The third-order valence-corrected chi connectivity index (χ3v) is 4.52. The van der Waals surface area contributed by atoms with Crippen LogP contribution < -0.4 is 10.6 Å². The highest BCUT2D eigenvalue weighted by molar-refractivity contribution is 7.10. The van der Waals surface area contributed by atoms with E-state index in [2.05, 4.69) is 23.3 Å². The van der Waals surface area contributed by atoms with E-state index in [1.165, 1.54) is 4.88 Å². The van der Waals surface area contributed by atoms with Crippen LogP contribution in [0.1, 0.15) is 35.1 Å². The number of nitrogens with two attached hydrogens (primary N) is 1. The molecule has 0 radical (unpaired) electrons. The zero-order valence-electron chi connectivity index (χ0n) is 12.5. The van der Waals surface area contributed by atoms with Crippen molar-refractivity contribution in [2.45, 2.75) is 19.9 Å². The number of ether oxygens (including phenoxy) is 1. The van der Waals surface area contributed by atoms with E-state index in [9.17, 15) is 4.79 Å². The Labute approximate surface area is 129 Å². The molecule has 1 atom stereocenters. The van der Waals surface area contributed by atoms with Crippen LogP contribution in [0.5, 0.6) is 0 Å². The number of nitrogen functional groups attached to an aromatic ring is 1. The van der Waals surface area contributed by atoms with Crippen LogP contribution in [0.2, 0.25) is 0 Å². The standard InChI is InChI=1S/C16H20N2O2S/c1-4-20-16(19)13-10-12(7-8-14(13)17)18(3)11(2)15-6-5-9-21-15/h5-11H,4,17H2,1-3H3. The van der Waals surface area contributed by atoms with Crippen LogP contribution in [0.4, 0.5) is 11.4 Å². The Bertz CT molecular complexity index is 611. The number of thiophene rings is 1. The summed E-state index contributed by atoms with van der Waals surface area (Å²) < 4.78 is 5.04. The van der Waals surface area contributed by atoms with Gasteiger partial charge in [0, 0.05) is 23.3 Å². The highest BCUT2D eigenvalue weighted by atomic mass is 32.1. The van der Waals surface area contributed by atoms with Gasteiger partial charge in [0.1, 0.15) is 0 Å². The highest BCUT2D eigenvalue weighted by Crippen LogP contribution is 2.30. The quantitative estimate of drug-likeness (QED) is 0.676. The monoisotopic (exact) mass is 304 g/mol. The van der Waals surface area contributed by atoms with E-state index in [-0.39, 0.29) is 12.0 Å². The van der Waals surface area contributed by atoms with E-state index in [4.69, 9.17) is 10.5 Å². The molecule has 0 aliphatic carbocycles. The van der Waals surface area contributed by atoms with Gasteiger partial charge in [0.2, 0.25) is 0 Å². The van der Waals surface area contributed by atoms with Crippen molar-refractivity contribution in [3.63, 3.8) is 0 Å². The predicted octanol–water partition coefficient (Wildman–Crippen LogP) is 3.70. The lowest BCUT2D eigenvalue weighted by atomic mass is 10.1. The van der Waals surface area contributed by atoms with E-state index < -0.39 is 0 Å². The summed E-state index contributed by atoms with van der Waals surface area (Å²) in [7, 11) is 2.00. The fourth-order valence-electron chi connectivity index (χ4n) is 2.09. The maximum Gasteiger partial charge on any atom is 0.340 e. The maximum absolute atomic E-state index is 11.9. The molecule has 0 spiro atoms. The fraction of sp³-hybridized carbons (Fsp3) is 0.312. The molecule has 4 nitrogen and oxygen atoms in total. The zero-order valence-corrected chi connectivity index (χ0v) is 13.3. The summed E-state index contributed by atoms with van der Waals surface area (Å²) in [6.07, 6.45) is 0. The third-order valence-electron chi connectivity index (χ3n) is 3.48. The van der Waals surface area contributed by atoms with E-state index in [0.717, 1.165) is 5.69 Å². The van der Waals surface area contributed by atoms with Crippen molar-refractivity contribution in [1.82, 2.24) is 0 Å². The summed E-state index contributed by atoms with van der Waals surface area (Å²) in [4.78, 5) is 15.3. The van der Waals surface area contributed by atoms with Crippen molar-refractivity contribution in [3.8, 4) is 0 Å². The summed E-state index contributed by atoms with van der Waals surface area (Å²) in [5, 5.41) is 2.06. The Kier molecular flexibility index (Phi) is 4.85. The number of nitrogens with zero attached hydrogens (tertiary/aromatic N) is 1. The first-order valence-corrected chi connectivity index (χ1v) is 7.75. The first kappa shape index (κ1) is 15.4. The van der Waals surface area contributed by atoms with Crippen LogP contribution >= 0.6 is 11.3 Å². The van der Waals surface area contributed by atoms with Gasteiger partial charge in [-0.3, -0.25) is 0 Å². The first-order chi connectivity index (χ1) is 10.0. The van der Waals surface area contributed by atoms with Crippen LogP contribution in [0.25, 0.3) is 0 Å². The molecular formula is C16H20N2O2S. The number of carbonyl (C=O) groups is 1. The van der Waals surface area contributed by atoms with Gasteiger partial charge in [-0.2, -0.15) is 0 Å². The smallest absolute Gasteiger partial charge is 0.340 e. The van der Waals surface area contributed by atoms with Crippen LogP contribution in [-0.2, 0) is 4.74 Å². The molecule has 5 heteroatoms. The van der Waals surface area contributed by atoms with Gasteiger partial charge in [0.25, 0.3) is 0 Å². The summed E-state index contributed by atoms with van der Waals surface area (Å²) in [5.74, 6) is -0.381. The molecule has 1 heterocycles. The second-order valence-electron chi connectivity index (χ2n) is 4.79. The van der Waals surface area contributed by atoms with Gasteiger partial charge in [-0.05, 0) is 43.5 Å². The molecule has 1 aromatic heterocycles. The lowest BCUT2D eigenvalue weighted by Gasteiger charge is -2.26. The first-order valence-electron chi connectivity index (χ1n) is 6.87. The second kappa shape index (κ2) is 6.63. The molecule has 0 saturated heterocycles. The molecule has 0 aliphatic rings. The predicted molar refractivity (Wildman–Crippen MR) is 87.9 cm³/mol. The Hall–Kier alpha value is -2.01.